The lowest BCUT2D eigenvalue weighted by molar-refractivity contribution is 0.0765. The van der Waals surface area contributed by atoms with Crippen LogP contribution in [0, 0.1) is 5.92 Å². The number of rotatable bonds is 4. The van der Waals surface area contributed by atoms with E-state index in [9.17, 15) is 18.3 Å². The van der Waals surface area contributed by atoms with Gasteiger partial charge in [-0.05, 0) is 18.2 Å². The Kier molecular flexibility index (Phi) is 4.72. The van der Waals surface area contributed by atoms with Crippen molar-refractivity contribution in [2.24, 2.45) is 5.92 Å². The molecule has 1 aromatic heterocycles. The lowest BCUT2D eigenvalue weighted by Crippen LogP contribution is -2.33. The lowest BCUT2D eigenvalue weighted by Gasteiger charge is -2.18. The number of β-amino-alcohol motifs (C(OH)–C–C–N with tert-alkyl or cyclic N) is 1. The molecule has 1 aliphatic heterocycles. The molecule has 8 nitrogen and oxygen atoms in total. The van der Waals surface area contributed by atoms with E-state index in [1.807, 2.05) is 0 Å². The number of carbonyl (C=O) groups is 1. The third-order valence-corrected chi connectivity index (χ3v) is 6.35. The van der Waals surface area contributed by atoms with Crippen LogP contribution in [-0.2, 0) is 10.0 Å². The lowest BCUT2D eigenvalue weighted by atomic mass is 10.1. The number of likely N-dealkylation sites (tertiary alicyclic amines) is 1. The normalized spacial score (nSPS) is 21.2. The maximum atomic E-state index is 12.7. The summed E-state index contributed by atoms with van der Waals surface area (Å²) < 4.78 is 25.2. The van der Waals surface area contributed by atoms with Crippen LogP contribution in [0.1, 0.15) is 10.4 Å². The minimum atomic E-state index is -3.44. The Morgan fingerprint density at radius 3 is 2.60 bits per heavy atom. The fraction of sp³-hybridized carbons (Fsp3) is 0.438. The quantitative estimate of drug-likeness (QED) is 0.816. The zero-order valence-corrected chi connectivity index (χ0v) is 14.8. The first-order valence-corrected chi connectivity index (χ1v) is 9.47. The van der Waals surface area contributed by atoms with Crippen molar-refractivity contribution in [3.05, 3.63) is 36.2 Å². The molecule has 2 heterocycles. The monoisotopic (exact) mass is 364 g/mol. The van der Waals surface area contributed by atoms with Gasteiger partial charge in [0.2, 0.25) is 10.0 Å². The molecule has 1 fully saturated rings. The summed E-state index contributed by atoms with van der Waals surface area (Å²) in [5.74, 6) is -0.943. The molecule has 2 atom stereocenters. The molecule has 0 bridgehead atoms. The van der Waals surface area contributed by atoms with E-state index in [0.29, 0.717) is 16.6 Å². The van der Waals surface area contributed by atoms with Crippen molar-refractivity contribution >= 4 is 27.0 Å². The number of nitrogens with zero attached hydrogens (tertiary/aromatic N) is 4. The molecule has 1 amide bonds. The first kappa shape index (κ1) is 17.7. The number of aliphatic hydroxyl groups excluding tert-OH is 1. The van der Waals surface area contributed by atoms with Crippen LogP contribution >= 0.6 is 0 Å². The van der Waals surface area contributed by atoms with E-state index in [2.05, 4.69) is 9.97 Å². The van der Waals surface area contributed by atoms with Crippen LogP contribution in [0.5, 0.6) is 0 Å². The maximum absolute atomic E-state index is 12.7. The Hall–Kier alpha value is -2.10. The van der Waals surface area contributed by atoms with E-state index in [4.69, 9.17) is 0 Å². The summed E-state index contributed by atoms with van der Waals surface area (Å²) >= 11 is 0. The van der Waals surface area contributed by atoms with Gasteiger partial charge in [-0.25, -0.2) is 12.7 Å². The highest BCUT2D eigenvalue weighted by molar-refractivity contribution is 7.89. The van der Waals surface area contributed by atoms with Crippen LogP contribution in [0.3, 0.4) is 0 Å². The fourth-order valence-corrected chi connectivity index (χ4v) is 4.05. The smallest absolute Gasteiger partial charge is 0.254 e. The zero-order valence-electron chi connectivity index (χ0n) is 14.0. The van der Waals surface area contributed by atoms with E-state index in [1.54, 1.807) is 30.6 Å². The highest BCUT2D eigenvalue weighted by atomic mass is 32.2. The molecule has 0 spiro atoms. The summed E-state index contributed by atoms with van der Waals surface area (Å²) in [4.78, 5) is 22.5. The average molecular weight is 364 g/mol. The van der Waals surface area contributed by atoms with E-state index in [1.165, 1.54) is 19.0 Å². The van der Waals surface area contributed by atoms with Crippen LogP contribution in [-0.4, -0.2) is 77.6 Å². The largest absolute Gasteiger partial charge is 0.391 e. The predicted octanol–water partition coefficient (Wildman–Crippen LogP) is -0.0459. The Morgan fingerprint density at radius 1 is 1.24 bits per heavy atom. The molecule has 0 unspecified atom stereocenters. The number of hydrogen-bond donors (Lipinski definition) is 1. The minimum absolute atomic E-state index is 0.116. The number of aromatic nitrogens is 2. The first-order chi connectivity index (χ1) is 11.8. The fourth-order valence-electron chi connectivity index (χ4n) is 2.88. The van der Waals surface area contributed by atoms with Gasteiger partial charge in [-0.1, -0.05) is 0 Å². The molecule has 3 rings (SSSR count). The molecule has 0 radical (unpaired) electrons. The average Bonchev–Trinajstić information content (AvgIpc) is 2.93. The van der Waals surface area contributed by atoms with Crippen molar-refractivity contribution in [1.29, 1.82) is 0 Å². The number of benzene rings is 1. The molecular formula is C16H20N4O4S. The number of aliphatic hydroxyl groups is 1. The van der Waals surface area contributed by atoms with Gasteiger partial charge in [-0.15, -0.1) is 0 Å². The number of amides is 1. The van der Waals surface area contributed by atoms with E-state index in [-0.39, 0.29) is 24.7 Å². The molecular weight excluding hydrogens is 344 g/mol. The Bertz CT molecular complexity index is 900. The van der Waals surface area contributed by atoms with Gasteiger partial charge in [0.15, 0.2) is 0 Å². The topological polar surface area (TPSA) is 104 Å². The molecule has 134 valence electrons. The number of sulfonamides is 1. The summed E-state index contributed by atoms with van der Waals surface area (Å²) in [7, 11) is -0.532. The molecule has 25 heavy (non-hydrogen) atoms. The summed E-state index contributed by atoms with van der Waals surface area (Å²) in [6.45, 7) is 0.316. The number of hydrogen-bond acceptors (Lipinski definition) is 6. The maximum Gasteiger partial charge on any atom is 0.254 e. The zero-order chi connectivity index (χ0) is 18.2. The Morgan fingerprint density at radius 2 is 1.92 bits per heavy atom. The van der Waals surface area contributed by atoms with Crippen LogP contribution in [0.15, 0.2) is 30.6 Å². The van der Waals surface area contributed by atoms with Gasteiger partial charge in [0.1, 0.15) is 0 Å². The highest BCUT2D eigenvalue weighted by Crippen LogP contribution is 2.22. The molecule has 2 aromatic rings. The third-order valence-electron chi connectivity index (χ3n) is 4.39. The van der Waals surface area contributed by atoms with Crippen molar-refractivity contribution in [2.45, 2.75) is 6.10 Å². The molecule has 0 aliphatic carbocycles. The SMILES string of the molecule is CN(C)S(=O)(=O)C[C@@H]1CN(C(=O)c2ccc3nccnc3c2)C[C@@H]1O. The van der Waals surface area contributed by atoms with E-state index in [0.717, 1.165) is 4.31 Å². The molecule has 1 aliphatic rings. The van der Waals surface area contributed by atoms with Crippen molar-refractivity contribution in [3.8, 4) is 0 Å². The van der Waals surface area contributed by atoms with Crippen molar-refractivity contribution in [2.75, 3.05) is 32.9 Å². The van der Waals surface area contributed by atoms with E-state index < -0.39 is 22.0 Å². The Balaban J connectivity index is 1.76. The third kappa shape index (κ3) is 3.63. The second-order valence-electron chi connectivity index (χ2n) is 6.36. The van der Waals surface area contributed by atoms with Crippen molar-refractivity contribution in [3.63, 3.8) is 0 Å². The van der Waals surface area contributed by atoms with Crippen molar-refractivity contribution < 1.29 is 18.3 Å². The Labute approximate surface area is 146 Å². The van der Waals surface area contributed by atoms with Crippen LogP contribution < -0.4 is 0 Å². The second-order valence-corrected chi connectivity index (χ2v) is 8.59. The summed E-state index contributed by atoms with van der Waals surface area (Å²) in [6.07, 6.45) is 2.27. The van der Waals surface area contributed by atoms with E-state index >= 15 is 0 Å². The van der Waals surface area contributed by atoms with Gasteiger partial charge in [-0.3, -0.25) is 14.8 Å². The first-order valence-electron chi connectivity index (χ1n) is 7.86. The molecule has 1 N–H and O–H groups in total. The predicted molar refractivity (Wildman–Crippen MR) is 92.4 cm³/mol. The minimum Gasteiger partial charge on any atom is -0.391 e. The van der Waals surface area contributed by atoms with Gasteiger partial charge in [0.25, 0.3) is 5.91 Å². The van der Waals surface area contributed by atoms with Crippen LogP contribution in [0.25, 0.3) is 11.0 Å². The number of carbonyl (C=O) groups excluding carboxylic acids is 1. The molecule has 1 aromatic carbocycles. The van der Waals surface area contributed by atoms with Gasteiger partial charge in [0.05, 0.1) is 22.9 Å². The molecule has 1 saturated heterocycles. The molecule has 0 saturated carbocycles. The molecule has 9 heteroatoms. The summed E-state index contributed by atoms with van der Waals surface area (Å²) in [5.41, 5.74) is 1.74. The van der Waals surface area contributed by atoms with Crippen LogP contribution in [0.2, 0.25) is 0 Å². The summed E-state index contributed by atoms with van der Waals surface area (Å²) in [6, 6.07) is 5.03. The standard InChI is InChI=1S/C16H20N4O4S/c1-19(2)25(23,24)10-12-8-20(9-15(12)21)16(22)11-3-4-13-14(7-11)18-6-5-17-13/h3-7,12,15,21H,8-10H2,1-2H3/t12-,15-/m0/s1. The van der Waals surface area contributed by atoms with Crippen LogP contribution in [0.4, 0.5) is 0 Å². The van der Waals surface area contributed by atoms with Crippen molar-refractivity contribution in [1.82, 2.24) is 19.2 Å². The number of fused-ring (bicyclic) bond motifs is 1. The van der Waals surface area contributed by atoms with Gasteiger partial charge < -0.3 is 10.0 Å². The highest BCUT2D eigenvalue weighted by Gasteiger charge is 2.37. The van der Waals surface area contributed by atoms with Gasteiger partial charge in [0, 0.05) is 51.1 Å². The van der Waals surface area contributed by atoms with Gasteiger partial charge in [-0.2, -0.15) is 0 Å². The second kappa shape index (κ2) is 6.66. The summed E-state index contributed by atoms with van der Waals surface area (Å²) in [5, 5.41) is 10.2. The van der Waals surface area contributed by atoms with Gasteiger partial charge >= 0.3 is 0 Å².